The van der Waals surface area contributed by atoms with E-state index in [4.69, 9.17) is 0 Å². The summed E-state index contributed by atoms with van der Waals surface area (Å²) in [5, 5.41) is 5.33. The molecule has 1 fully saturated rings. The van der Waals surface area contributed by atoms with Gasteiger partial charge in [0.1, 0.15) is 5.82 Å². The summed E-state index contributed by atoms with van der Waals surface area (Å²) in [5.41, 5.74) is 2.14. The predicted molar refractivity (Wildman–Crippen MR) is 114 cm³/mol. The van der Waals surface area contributed by atoms with Gasteiger partial charge in [-0.3, -0.25) is 0 Å². The van der Waals surface area contributed by atoms with Crippen LogP contribution in [0.5, 0.6) is 0 Å². The fraction of sp³-hybridized carbons (Fsp3) is 0.400. The van der Waals surface area contributed by atoms with Gasteiger partial charge in [0.05, 0.1) is 16.8 Å². The van der Waals surface area contributed by atoms with Gasteiger partial charge in [-0.1, -0.05) is 12.1 Å². The molecule has 0 bridgehead atoms. The van der Waals surface area contributed by atoms with Crippen LogP contribution < -0.4 is 20.3 Å². The van der Waals surface area contributed by atoms with Gasteiger partial charge < -0.3 is 15.5 Å². The van der Waals surface area contributed by atoms with Crippen LogP contribution in [0.25, 0.3) is 0 Å². The molecule has 0 atom stereocenters. The predicted octanol–water partition coefficient (Wildman–Crippen LogP) is 2.40. The number of nitrogens with zero attached hydrogens (tertiary/aromatic N) is 2. The second kappa shape index (κ2) is 9.23. The van der Waals surface area contributed by atoms with E-state index in [-0.39, 0.29) is 18.0 Å². The van der Waals surface area contributed by atoms with E-state index in [0.29, 0.717) is 11.3 Å². The maximum Gasteiger partial charge on any atom is 0.319 e. The second-order valence-corrected chi connectivity index (χ2v) is 8.88. The summed E-state index contributed by atoms with van der Waals surface area (Å²) in [6.07, 6.45) is 3.98. The van der Waals surface area contributed by atoms with Gasteiger partial charge in [0, 0.05) is 26.2 Å². The van der Waals surface area contributed by atoms with Gasteiger partial charge in [-0.2, -0.15) is 0 Å². The number of hydrogen-bond acceptors (Lipinski definition) is 5. The highest BCUT2D eigenvalue weighted by Crippen LogP contribution is 2.19. The van der Waals surface area contributed by atoms with Crippen molar-refractivity contribution in [2.24, 2.45) is 0 Å². The zero-order chi connectivity index (χ0) is 20.9. The van der Waals surface area contributed by atoms with Gasteiger partial charge in [0.15, 0.2) is 0 Å². The minimum Gasteiger partial charge on any atom is -0.357 e. The lowest BCUT2D eigenvalue weighted by Crippen LogP contribution is -2.37. The number of carbonyl (C=O) groups excluding carboxylic acids is 1. The first kappa shape index (κ1) is 21.1. The van der Waals surface area contributed by atoms with E-state index in [0.717, 1.165) is 24.5 Å². The summed E-state index contributed by atoms with van der Waals surface area (Å²) in [4.78, 5) is 18.9. The number of amides is 2. The number of carbonyl (C=O) groups is 1. The van der Waals surface area contributed by atoms with Gasteiger partial charge in [-0.15, -0.1) is 0 Å². The van der Waals surface area contributed by atoms with Crippen LogP contribution in [0.4, 0.5) is 16.3 Å². The molecule has 3 N–H and O–H groups in total. The number of anilines is 2. The number of rotatable bonds is 7. The Hall–Kier alpha value is -2.65. The number of urea groups is 1. The molecule has 2 heterocycles. The standard InChI is InChI=1S/C20H27N5O3S/c1-15-5-6-16(2)18(13-15)29(27,28)23-10-9-21-20(26)24-17-7-8-19(22-14-17)25-11-3-4-12-25/h5-8,13-14,23H,3-4,9-12H2,1-2H3,(H2,21,24,26). The minimum atomic E-state index is -3.62. The van der Waals surface area contributed by atoms with E-state index in [2.05, 4.69) is 25.2 Å². The Bertz CT molecular complexity index is 955. The minimum absolute atomic E-state index is 0.0925. The van der Waals surface area contributed by atoms with Crippen LogP contribution >= 0.6 is 0 Å². The Kier molecular flexibility index (Phi) is 6.71. The SMILES string of the molecule is Cc1ccc(C)c(S(=O)(=O)NCCNC(=O)Nc2ccc(N3CCCC3)nc2)c1. The normalized spacial score (nSPS) is 14.1. The molecule has 1 saturated heterocycles. The number of nitrogens with one attached hydrogen (secondary N) is 3. The van der Waals surface area contributed by atoms with Gasteiger partial charge in [-0.25, -0.2) is 22.9 Å². The van der Waals surface area contributed by atoms with E-state index in [9.17, 15) is 13.2 Å². The number of aromatic nitrogens is 1. The van der Waals surface area contributed by atoms with Crippen molar-refractivity contribution in [2.45, 2.75) is 31.6 Å². The molecule has 1 aliphatic rings. The van der Waals surface area contributed by atoms with Crippen molar-refractivity contribution in [2.75, 3.05) is 36.4 Å². The number of sulfonamides is 1. The van der Waals surface area contributed by atoms with Crippen molar-refractivity contribution in [1.29, 1.82) is 0 Å². The summed E-state index contributed by atoms with van der Waals surface area (Å²) < 4.78 is 27.4. The van der Waals surface area contributed by atoms with Crippen LogP contribution in [-0.4, -0.2) is 45.6 Å². The second-order valence-electron chi connectivity index (χ2n) is 7.15. The van der Waals surface area contributed by atoms with Gasteiger partial charge in [-0.05, 0) is 56.0 Å². The van der Waals surface area contributed by atoms with Crippen LogP contribution in [0.1, 0.15) is 24.0 Å². The smallest absolute Gasteiger partial charge is 0.319 e. The summed E-state index contributed by atoms with van der Waals surface area (Å²) >= 11 is 0. The summed E-state index contributed by atoms with van der Waals surface area (Å²) in [6, 6.07) is 8.57. The number of hydrogen-bond donors (Lipinski definition) is 3. The van der Waals surface area contributed by atoms with Crippen molar-refractivity contribution in [3.8, 4) is 0 Å². The lowest BCUT2D eigenvalue weighted by Gasteiger charge is -2.16. The Labute approximate surface area is 171 Å². The molecule has 8 nitrogen and oxygen atoms in total. The average molecular weight is 418 g/mol. The first-order valence-electron chi connectivity index (χ1n) is 9.68. The lowest BCUT2D eigenvalue weighted by molar-refractivity contribution is 0.252. The van der Waals surface area contributed by atoms with E-state index < -0.39 is 16.1 Å². The Morgan fingerprint density at radius 2 is 1.86 bits per heavy atom. The molecular weight excluding hydrogens is 390 g/mol. The van der Waals surface area contributed by atoms with E-state index in [1.54, 1.807) is 25.3 Å². The maximum absolute atomic E-state index is 12.4. The van der Waals surface area contributed by atoms with E-state index in [1.165, 1.54) is 12.8 Å². The van der Waals surface area contributed by atoms with E-state index >= 15 is 0 Å². The molecular formula is C20H27N5O3S. The molecule has 1 aromatic heterocycles. The summed E-state index contributed by atoms with van der Waals surface area (Å²) in [6.45, 7) is 5.88. The van der Waals surface area contributed by atoms with Crippen molar-refractivity contribution < 1.29 is 13.2 Å². The van der Waals surface area contributed by atoms with Crippen molar-refractivity contribution in [1.82, 2.24) is 15.0 Å². The monoisotopic (exact) mass is 417 g/mol. The maximum atomic E-state index is 12.4. The Morgan fingerprint density at radius 3 is 2.55 bits per heavy atom. The molecule has 1 aliphatic heterocycles. The molecule has 0 aliphatic carbocycles. The zero-order valence-electron chi connectivity index (χ0n) is 16.7. The topological polar surface area (TPSA) is 103 Å². The Balaban J connectivity index is 1.44. The van der Waals surface area contributed by atoms with Crippen LogP contribution in [0, 0.1) is 13.8 Å². The Morgan fingerprint density at radius 1 is 1.10 bits per heavy atom. The molecule has 2 amide bonds. The first-order chi connectivity index (χ1) is 13.8. The molecule has 0 saturated carbocycles. The molecule has 9 heteroatoms. The molecule has 29 heavy (non-hydrogen) atoms. The van der Waals surface area contributed by atoms with Gasteiger partial charge in [0.2, 0.25) is 10.0 Å². The van der Waals surface area contributed by atoms with Crippen LogP contribution in [0.3, 0.4) is 0 Å². The largest absolute Gasteiger partial charge is 0.357 e. The quantitative estimate of drug-likeness (QED) is 0.600. The number of benzene rings is 1. The summed E-state index contributed by atoms with van der Waals surface area (Å²) in [7, 11) is -3.62. The van der Waals surface area contributed by atoms with Crippen LogP contribution in [0.15, 0.2) is 41.4 Å². The molecule has 0 spiro atoms. The highest BCUT2D eigenvalue weighted by Gasteiger charge is 2.16. The average Bonchev–Trinajstić information content (AvgIpc) is 3.22. The third kappa shape index (κ3) is 5.68. The molecule has 2 aromatic rings. The van der Waals surface area contributed by atoms with Crippen LogP contribution in [0.2, 0.25) is 0 Å². The van der Waals surface area contributed by atoms with Crippen molar-refractivity contribution in [3.05, 3.63) is 47.7 Å². The summed E-state index contributed by atoms with van der Waals surface area (Å²) in [5.74, 6) is 0.911. The molecule has 3 rings (SSSR count). The number of pyridine rings is 1. The third-order valence-electron chi connectivity index (χ3n) is 4.77. The van der Waals surface area contributed by atoms with Gasteiger partial charge in [0.25, 0.3) is 0 Å². The highest BCUT2D eigenvalue weighted by atomic mass is 32.2. The third-order valence-corrected chi connectivity index (χ3v) is 6.37. The molecule has 0 radical (unpaired) electrons. The van der Waals surface area contributed by atoms with Crippen LogP contribution in [-0.2, 0) is 10.0 Å². The van der Waals surface area contributed by atoms with Crippen molar-refractivity contribution in [3.63, 3.8) is 0 Å². The fourth-order valence-corrected chi connectivity index (χ4v) is 4.56. The van der Waals surface area contributed by atoms with Gasteiger partial charge >= 0.3 is 6.03 Å². The zero-order valence-corrected chi connectivity index (χ0v) is 17.6. The number of aryl methyl sites for hydroxylation is 2. The molecule has 1 aromatic carbocycles. The fourth-order valence-electron chi connectivity index (χ4n) is 3.20. The first-order valence-corrected chi connectivity index (χ1v) is 11.2. The molecule has 156 valence electrons. The van der Waals surface area contributed by atoms with Crippen molar-refractivity contribution >= 4 is 27.6 Å². The van der Waals surface area contributed by atoms with E-state index in [1.807, 2.05) is 25.1 Å². The molecule has 0 unspecified atom stereocenters. The lowest BCUT2D eigenvalue weighted by atomic mass is 10.2. The highest BCUT2D eigenvalue weighted by molar-refractivity contribution is 7.89.